The Hall–Kier alpha value is -3.33. The maximum Gasteiger partial charge on any atom is 0.340 e. The summed E-state index contributed by atoms with van der Waals surface area (Å²) in [6.07, 6.45) is 0.705. The largest absolute Gasteiger partial charge is 0.461 e. The van der Waals surface area contributed by atoms with Gasteiger partial charge in [0.05, 0.1) is 29.2 Å². The van der Waals surface area contributed by atoms with Gasteiger partial charge < -0.3 is 19.5 Å². The fourth-order valence-corrected chi connectivity index (χ4v) is 7.14. The summed E-state index contributed by atoms with van der Waals surface area (Å²) in [6.45, 7) is 23.8. The van der Waals surface area contributed by atoms with Crippen molar-refractivity contribution in [3.05, 3.63) is 81.4 Å². The van der Waals surface area contributed by atoms with E-state index in [9.17, 15) is 14.3 Å². The normalized spacial score (nSPS) is 17.9. The number of aliphatic hydroxyl groups is 1. The highest BCUT2D eigenvalue weighted by Gasteiger charge is 2.38. The maximum atomic E-state index is 13.9. The molecule has 49 heavy (non-hydrogen) atoms. The molecule has 8 heteroatoms. The molecule has 2 aliphatic heterocycles. The van der Waals surface area contributed by atoms with Gasteiger partial charge in [-0.05, 0) is 120 Å². The molecule has 3 aromatic rings. The lowest BCUT2D eigenvalue weighted by atomic mass is 9.81. The monoisotopic (exact) mass is 673 g/mol. The Morgan fingerprint density at radius 3 is 2.33 bits per heavy atom. The number of aliphatic hydroxyl groups excluding tert-OH is 1. The third-order valence-electron chi connectivity index (χ3n) is 9.84. The number of carbonyl (C=O) groups is 1. The van der Waals surface area contributed by atoms with E-state index in [4.69, 9.17) is 14.5 Å². The molecule has 0 aliphatic carbocycles. The van der Waals surface area contributed by atoms with Gasteiger partial charge in [-0.25, -0.2) is 9.18 Å². The number of hydrogen-bond acceptors (Lipinski definition) is 7. The van der Waals surface area contributed by atoms with E-state index < -0.39 is 23.8 Å². The van der Waals surface area contributed by atoms with Gasteiger partial charge in [0.1, 0.15) is 5.82 Å². The van der Waals surface area contributed by atoms with Crippen LogP contribution in [-0.4, -0.2) is 52.3 Å². The molecule has 0 amide bonds. The van der Waals surface area contributed by atoms with Crippen LogP contribution < -0.4 is 4.90 Å². The lowest BCUT2D eigenvalue weighted by Crippen LogP contribution is -2.40. The zero-order valence-corrected chi connectivity index (χ0v) is 31.2. The average molecular weight is 674 g/mol. The van der Waals surface area contributed by atoms with Crippen LogP contribution in [0.15, 0.2) is 36.4 Å². The van der Waals surface area contributed by atoms with Crippen LogP contribution in [0.25, 0.3) is 11.1 Å². The first-order valence-electron chi connectivity index (χ1n) is 17.9. The van der Waals surface area contributed by atoms with Crippen molar-refractivity contribution < 1.29 is 23.8 Å². The van der Waals surface area contributed by atoms with Crippen molar-refractivity contribution in [3.8, 4) is 11.1 Å². The summed E-state index contributed by atoms with van der Waals surface area (Å²) in [7, 11) is 0. The Morgan fingerprint density at radius 1 is 1.02 bits per heavy atom. The van der Waals surface area contributed by atoms with E-state index in [-0.39, 0.29) is 17.3 Å². The molecule has 3 heterocycles. The van der Waals surface area contributed by atoms with E-state index in [0.717, 1.165) is 79.9 Å². The third-order valence-corrected chi connectivity index (χ3v) is 9.84. The summed E-state index contributed by atoms with van der Waals surface area (Å²) < 4.78 is 26.1. The number of aromatic nitrogens is 1. The van der Waals surface area contributed by atoms with Crippen molar-refractivity contribution >= 4 is 11.7 Å². The van der Waals surface area contributed by atoms with Crippen LogP contribution in [0, 0.1) is 25.1 Å². The van der Waals surface area contributed by atoms with Crippen molar-refractivity contribution in [1.29, 1.82) is 0 Å². The number of piperidine rings is 1. The van der Waals surface area contributed by atoms with E-state index in [1.165, 1.54) is 17.2 Å². The van der Waals surface area contributed by atoms with E-state index in [1.54, 1.807) is 13.0 Å². The highest BCUT2D eigenvalue weighted by atomic mass is 19.1. The van der Waals surface area contributed by atoms with Crippen molar-refractivity contribution in [2.45, 2.75) is 126 Å². The molecular formula is C41H56FN3O4. The number of pyridine rings is 1. The Bertz CT molecular complexity index is 1670. The molecular weight excluding hydrogens is 617 g/mol. The number of hydrogen-bond donors (Lipinski definition) is 1. The van der Waals surface area contributed by atoms with Crippen molar-refractivity contribution in [1.82, 2.24) is 9.88 Å². The molecule has 0 bridgehead atoms. The highest BCUT2D eigenvalue weighted by Crippen LogP contribution is 2.47. The first-order valence-corrected chi connectivity index (χ1v) is 17.9. The second kappa shape index (κ2) is 14.5. The van der Waals surface area contributed by atoms with Gasteiger partial charge in [-0.1, -0.05) is 38.1 Å². The molecule has 2 aliphatic rings. The molecule has 0 radical (unpaired) electrons. The molecule has 1 N–H and O–H groups in total. The van der Waals surface area contributed by atoms with Crippen LogP contribution in [0.3, 0.4) is 0 Å². The Kier molecular flexibility index (Phi) is 10.9. The van der Waals surface area contributed by atoms with Crippen LogP contribution in [0.5, 0.6) is 0 Å². The van der Waals surface area contributed by atoms with Crippen molar-refractivity contribution in [3.63, 3.8) is 0 Å². The van der Waals surface area contributed by atoms with Crippen LogP contribution in [0.1, 0.15) is 120 Å². The van der Waals surface area contributed by atoms with Crippen LogP contribution in [0.2, 0.25) is 0 Å². The molecule has 1 aromatic heterocycles. The summed E-state index contributed by atoms with van der Waals surface area (Å²) in [6, 6.07) is 11.6. The first-order chi connectivity index (χ1) is 22.9. The molecule has 0 saturated carbocycles. The first kappa shape index (κ1) is 36.9. The molecule has 0 spiro atoms. The van der Waals surface area contributed by atoms with Crippen LogP contribution in [-0.2, 0) is 33.8 Å². The van der Waals surface area contributed by atoms with Gasteiger partial charge >= 0.3 is 5.97 Å². The molecule has 1 fully saturated rings. The van der Waals surface area contributed by atoms with Gasteiger partial charge in [0.25, 0.3) is 0 Å². The Morgan fingerprint density at radius 2 is 1.71 bits per heavy atom. The predicted molar refractivity (Wildman–Crippen MR) is 194 cm³/mol. The van der Waals surface area contributed by atoms with Gasteiger partial charge in [0, 0.05) is 49.5 Å². The zero-order chi connectivity index (χ0) is 35.8. The number of fused-ring (bicyclic) bond motifs is 1. The summed E-state index contributed by atoms with van der Waals surface area (Å²) >= 11 is 0. The van der Waals surface area contributed by atoms with Gasteiger partial charge in [-0.2, -0.15) is 0 Å². The standard InChI is InChI=1S/C41H56FN3O4/c1-25(2)48-39(47)38(49-40(6,7)8)34-27(4)43-36(28(5)46)35(37(34)45-19-16-41(9,10)17-20-45)30-11-12-32-24-44(18-15-29(32)22-30)23-31-13-14-33(42)21-26(31)3/h11-14,21-22,25,28,38,46H,15-20,23-24H2,1-10H3/t28?,38-/m0/s1. The molecule has 2 atom stereocenters. The fourth-order valence-electron chi connectivity index (χ4n) is 7.14. The average Bonchev–Trinajstić information content (AvgIpc) is 3.00. The third kappa shape index (κ3) is 8.70. The summed E-state index contributed by atoms with van der Waals surface area (Å²) in [5.41, 5.74) is 8.86. The number of rotatable bonds is 9. The number of carbonyl (C=O) groups excluding carboxylic acids is 1. The number of halogens is 1. The molecule has 266 valence electrons. The molecule has 7 nitrogen and oxygen atoms in total. The molecule has 1 saturated heterocycles. The number of benzene rings is 2. The van der Waals surface area contributed by atoms with Gasteiger partial charge in [0.2, 0.25) is 0 Å². The molecule has 5 rings (SSSR count). The van der Waals surface area contributed by atoms with Crippen LogP contribution in [0.4, 0.5) is 10.1 Å². The number of anilines is 1. The second-order valence-electron chi connectivity index (χ2n) is 16.2. The summed E-state index contributed by atoms with van der Waals surface area (Å²) in [4.78, 5) is 23.7. The van der Waals surface area contributed by atoms with Gasteiger partial charge in [-0.15, -0.1) is 0 Å². The number of nitrogens with zero attached hydrogens (tertiary/aromatic N) is 3. The van der Waals surface area contributed by atoms with E-state index in [0.29, 0.717) is 17.0 Å². The topological polar surface area (TPSA) is 75.1 Å². The lowest BCUT2D eigenvalue weighted by molar-refractivity contribution is -0.171. The van der Waals surface area contributed by atoms with Gasteiger partial charge in [0.15, 0.2) is 6.10 Å². The van der Waals surface area contributed by atoms with Crippen molar-refractivity contribution in [2.24, 2.45) is 5.41 Å². The number of esters is 1. The minimum Gasteiger partial charge on any atom is -0.461 e. The Labute approximate surface area is 292 Å². The lowest BCUT2D eigenvalue weighted by Gasteiger charge is -2.41. The highest BCUT2D eigenvalue weighted by molar-refractivity contribution is 5.89. The molecule has 2 aromatic carbocycles. The summed E-state index contributed by atoms with van der Waals surface area (Å²) in [5, 5.41) is 11.3. The van der Waals surface area contributed by atoms with Crippen LogP contribution >= 0.6 is 0 Å². The maximum absolute atomic E-state index is 13.9. The van der Waals surface area contributed by atoms with E-state index >= 15 is 0 Å². The molecule has 1 unspecified atom stereocenters. The fraction of sp³-hybridized carbons (Fsp3) is 0.561. The minimum absolute atomic E-state index is 0.202. The van der Waals surface area contributed by atoms with E-state index in [1.807, 2.05) is 54.5 Å². The van der Waals surface area contributed by atoms with Crippen molar-refractivity contribution in [2.75, 3.05) is 24.5 Å². The number of aryl methyl sites for hydroxylation is 2. The quantitative estimate of drug-likeness (QED) is 0.228. The summed E-state index contributed by atoms with van der Waals surface area (Å²) in [5.74, 6) is -0.644. The van der Waals surface area contributed by atoms with Gasteiger partial charge in [-0.3, -0.25) is 9.88 Å². The van der Waals surface area contributed by atoms with E-state index in [2.05, 4.69) is 41.8 Å². The zero-order valence-electron chi connectivity index (χ0n) is 31.2. The second-order valence-corrected chi connectivity index (χ2v) is 16.2. The SMILES string of the molecule is Cc1cc(F)ccc1CN1CCc2cc(-c3c(C(C)O)nc(C)c([C@H](OC(C)(C)C)C(=O)OC(C)C)c3N3CCC(C)(C)CC3)ccc2C1. The smallest absolute Gasteiger partial charge is 0.340 e. The Balaban J connectivity index is 1.64. The number of ether oxygens (including phenoxy) is 2. The minimum atomic E-state index is -0.997. The predicted octanol–water partition coefficient (Wildman–Crippen LogP) is 8.55.